The summed E-state index contributed by atoms with van der Waals surface area (Å²) in [5, 5.41) is 9.43. The lowest BCUT2D eigenvalue weighted by molar-refractivity contribution is 0.0428. The molecule has 2 aliphatic heterocycles. The molecule has 0 N–H and O–H groups in total. The SMILES string of the molecule is Cc1cc(N2CCN(C(=O)N3CCOCC3)CC2)c(C#N)c(C)n1. The Morgan fingerprint density at radius 2 is 1.75 bits per heavy atom. The van der Waals surface area contributed by atoms with Crippen molar-refractivity contribution in [1.82, 2.24) is 14.8 Å². The van der Waals surface area contributed by atoms with Gasteiger partial charge in [0.2, 0.25) is 0 Å². The molecule has 3 rings (SSSR count). The first kappa shape index (κ1) is 16.5. The number of carbonyl (C=O) groups excluding carboxylic acids is 1. The minimum absolute atomic E-state index is 0.0977. The topological polar surface area (TPSA) is 72.7 Å². The summed E-state index contributed by atoms with van der Waals surface area (Å²) < 4.78 is 5.30. The van der Waals surface area contributed by atoms with E-state index in [-0.39, 0.29) is 6.03 Å². The number of hydrogen-bond donors (Lipinski definition) is 0. The molecular formula is C17H23N5O2. The van der Waals surface area contributed by atoms with Crippen molar-refractivity contribution >= 4 is 11.7 Å². The second-order valence-electron chi connectivity index (χ2n) is 6.21. The number of carbonyl (C=O) groups is 1. The van der Waals surface area contributed by atoms with Gasteiger partial charge in [-0.2, -0.15) is 5.26 Å². The highest BCUT2D eigenvalue weighted by Gasteiger charge is 2.27. The molecule has 0 saturated carbocycles. The molecule has 128 valence electrons. The van der Waals surface area contributed by atoms with Gasteiger partial charge in [0, 0.05) is 45.0 Å². The molecule has 7 heteroatoms. The number of pyridine rings is 1. The first-order valence-corrected chi connectivity index (χ1v) is 8.35. The summed E-state index contributed by atoms with van der Waals surface area (Å²) in [4.78, 5) is 22.9. The summed E-state index contributed by atoms with van der Waals surface area (Å²) in [6.07, 6.45) is 0. The van der Waals surface area contributed by atoms with Crippen LogP contribution >= 0.6 is 0 Å². The number of morpholine rings is 1. The molecule has 3 heterocycles. The number of aromatic nitrogens is 1. The third-order valence-electron chi connectivity index (χ3n) is 4.59. The van der Waals surface area contributed by atoms with Gasteiger partial charge in [0.1, 0.15) is 6.07 Å². The first-order chi connectivity index (χ1) is 11.6. The van der Waals surface area contributed by atoms with Crippen LogP contribution in [0.3, 0.4) is 0 Å². The standard InChI is InChI=1S/C17H23N5O2/c1-13-11-16(15(12-18)14(2)19-13)20-3-5-21(6-4-20)17(23)22-7-9-24-10-8-22/h11H,3-10H2,1-2H3. The molecule has 1 aromatic heterocycles. The van der Waals surface area contributed by atoms with Gasteiger partial charge >= 0.3 is 6.03 Å². The first-order valence-electron chi connectivity index (χ1n) is 8.35. The molecule has 0 unspecified atom stereocenters. The van der Waals surface area contributed by atoms with Crippen LogP contribution in [-0.4, -0.2) is 73.3 Å². The van der Waals surface area contributed by atoms with E-state index in [2.05, 4.69) is 16.0 Å². The number of ether oxygens (including phenoxy) is 1. The quantitative estimate of drug-likeness (QED) is 0.773. The van der Waals surface area contributed by atoms with Crippen molar-refractivity contribution in [3.05, 3.63) is 23.0 Å². The number of piperazine rings is 1. The van der Waals surface area contributed by atoms with Gasteiger partial charge in [-0.3, -0.25) is 4.98 Å². The monoisotopic (exact) mass is 329 g/mol. The summed E-state index contributed by atoms with van der Waals surface area (Å²) in [7, 11) is 0. The van der Waals surface area contributed by atoms with Crippen molar-refractivity contribution in [3.63, 3.8) is 0 Å². The second kappa shape index (κ2) is 7.05. The van der Waals surface area contributed by atoms with E-state index in [1.807, 2.05) is 29.7 Å². The fourth-order valence-corrected chi connectivity index (χ4v) is 3.29. The zero-order valence-electron chi connectivity index (χ0n) is 14.3. The van der Waals surface area contributed by atoms with Crippen molar-refractivity contribution in [2.24, 2.45) is 0 Å². The average molecular weight is 329 g/mol. The van der Waals surface area contributed by atoms with E-state index >= 15 is 0 Å². The largest absolute Gasteiger partial charge is 0.378 e. The van der Waals surface area contributed by atoms with E-state index in [1.54, 1.807) is 0 Å². The minimum atomic E-state index is 0.0977. The summed E-state index contributed by atoms with van der Waals surface area (Å²) in [5.74, 6) is 0. The number of anilines is 1. The van der Waals surface area contributed by atoms with E-state index in [9.17, 15) is 10.1 Å². The van der Waals surface area contributed by atoms with Crippen LogP contribution in [0.15, 0.2) is 6.07 Å². The van der Waals surface area contributed by atoms with Gasteiger partial charge in [-0.15, -0.1) is 0 Å². The zero-order valence-corrected chi connectivity index (χ0v) is 14.3. The van der Waals surface area contributed by atoms with E-state index in [0.29, 0.717) is 45.0 Å². The van der Waals surface area contributed by atoms with E-state index in [4.69, 9.17) is 4.74 Å². The predicted octanol–water partition coefficient (Wildman–Crippen LogP) is 1.14. The van der Waals surface area contributed by atoms with Crippen LogP contribution in [0.1, 0.15) is 17.0 Å². The highest BCUT2D eigenvalue weighted by molar-refractivity contribution is 5.75. The van der Waals surface area contributed by atoms with Gasteiger partial charge in [0.05, 0.1) is 30.2 Å². The van der Waals surface area contributed by atoms with Gasteiger partial charge in [-0.1, -0.05) is 0 Å². The van der Waals surface area contributed by atoms with Crippen molar-refractivity contribution < 1.29 is 9.53 Å². The Bertz CT molecular complexity index is 656. The molecule has 2 amide bonds. The summed E-state index contributed by atoms with van der Waals surface area (Å²) in [5.41, 5.74) is 3.24. The average Bonchev–Trinajstić information content (AvgIpc) is 2.61. The molecule has 0 spiro atoms. The normalized spacial score (nSPS) is 18.5. The fourth-order valence-electron chi connectivity index (χ4n) is 3.29. The molecule has 2 fully saturated rings. The van der Waals surface area contributed by atoms with Crippen LogP contribution in [0.5, 0.6) is 0 Å². The number of hydrogen-bond acceptors (Lipinski definition) is 5. The number of urea groups is 1. The number of amides is 2. The van der Waals surface area contributed by atoms with Crippen molar-refractivity contribution in [2.75, 3.05) is 57.4 Å². The molecule has 1 aromatic rings. The summed E-state index contributed by atoms with van der Waals surface area (Å²) in [6.45, 7) is 9.17. The van der Waals surface area contributed by atoms with Crippen LogP contribution in [0.4, 0.5) is 10.5 Å². The fraction of sp³-hybridized carbons (Fsp3) is 0.588. The maximum Gasteiger partial charge on any atom is 0.320 e. The van der Waals surface area contributed by atoms with Crippen molar-refractivity contribution in [2.45, 2.75) is 13.8 Å². The van der Waals surface area contributed by atoms with Crippen LogP contribution in [0.25, 0.3) is 0 Å². The second-order valence-corrected chi connectivity index (χ2v) is 6.21. The molecule has 0 aromatic carbocycles. The van der Waals surface area contributed by atoms with Crippen LogP contribution in [-0.2, 0) is 4.74 Å². The molecule has 0 atom stereocenters. The summed E-state index contributed by atoms with van der Waals surface area (Å²) in [6, 6.07) is 4.33. The van der Waals surface area contributed by atoms with Crippen LogP contribution in [0.2, 0.25) is 0 Å². The van der Waals surface area contributed by atoms with Gasteiger partial charge in [0.15, 0.2) is 0 Å². The predicted molar refractivity (Wildman–Crippen MR) is 90.0 cm³/mol. The molecule has 0 radical (unpaired) electrons. The molecule has 2 aliphatic rings. The lowest BCUT2D eigenvalue weighted by Crippen LogP contribution is -2.55. The van der Waals surface area contributed by atoms with Crippen molar-refractivity contribution in [3.8, 4) is 6.07 Å². The highest BCUT2D eigenvalue weighted by Crippen LogP contribution is 2.24. The van der Waals surface area contributed by atoms with Crippen LogP contribution < -0.4 is 4.90 Å². The Balaban J connectivity index is 1.67. The lowest BCUT2D eigenvalue weighted by atomic mass is 10.1. The number of nitrogens with zero attached hydrogens (tertiary/aromatic N) is 5. The third kappa shape index (κ3) is 3.29. The van der Waals surface area contributed by atoms with E-state index < -0.39 is 0 Å². The molecule has 7 nitrogen and oxygen atoms in total. The smallest absolute Gasteiger partial charge is 0.320 e. The number of nitriles is 1. The molecule has 2 saturated heterocycles. The van der Waals surface area contributed by atoms with Gasteiger partial charge in [-0.05, 0) is 19.9 Å². The highest BCUT2D eigenvalue weighted by atomic mass is 16.5. The molecule has 0 bridgehead atoms. The Hall–Kier alpha value is -2.33. The Labute approximate surface area is 142 Å². The van der Waals surface area contributed by atoms with Gasteiger partial charge in [-0.25, -0.2) is 4.79 Å². The van der Waals surface area contributed by atoms with E-state index in [0.717, 1.165) is 30.2 Å². The Kier molecular flexibility index (Phi) is 4.86. The summed E-state index contributed by atoms with van der Waals surface area (Å²) >= 11 is 0. The lowest BCUT2D eigenvalue weighted by Gasteiger charge is -2.39. The van der Waals surface area contributed by atoms with Crippen molar-refractivity contribution in [1.29, 1.82) is 5.26 Å². The Morgan fingerprint density at radius 1 is 1.12 bits per heavy atom. The Morgan fingerprint density at radius 3 is 2.38 bits per heavy atom. The maximum atomic E-state index is 12.5. The van der Waals surface area contributed by atoms with Crippen LogP contribution in [0, 0.1) is 25.2 Å². The maximum absolute atomic E-state index is 12.5. The number of rotatable bonds is 1. The molecular weight excluding hydrogens is 306 g/mol. The minimum Gasteiger partial charge on any atom is -0.378 e. The van der Waals surface area contributed by atoms with Gasteiger partial charge in [0.25, 0.3) is 0 Å². The van der Waals surface area contributed by atoms with E-state index in [1.165, 1.54) is 0 Å². The number of aryl methyl sites for hydroxylation is 2. The zero-order chi connectivity index (χ0) is 17.1. The van der Waals surface area contributed by atoms with Gasteiger partial charge < -0.3 is 19.4 Å². The molecule has 0 aliphatic carbocycles. The molecule has 24 heavy (non-hydrogen) atoms. The third-order valence-corrected chi connectivity index (χ3v) is 4.59.